The van der Waals surface area contributed by atoms with Gasteiger partial charge in [-0.25, -0.2) is 5.57 Å². The Balaban J connectivity index is -0.0000000418. The summed E-state index contributed by atoms with van der Waals surface area (Å²) in [7, 11) is 3.00. The Hall–Kier alpha value is 0.654. The third-order valence-corrected chi connectivity index (χ3v) is 2.56. The molecule has 0 aliphatic heterocycles. The van der Waals surface area contributed by atoms with Crippen molar-refractivity contribution in [2.24, 2.45) is 5.41 Å². The third-order valence-electron chi connectivity index (χ3n) is 2.56. The Morgan fingerprint density at radius 3 is 1.11 bits per heavy atom. The molecule has 0 amide bonds. The molecule has 0 bridgehead atoms. The van der Waals surface area contributed by atoms with Crippen molar-refractivity contribution in [2.45, 2.75) is 34.6 Å². The second-order valence-electron chi connectivity index (χ2n) is 3.62. The van der Waals surface area contributed by atoms with Crippen LogP contribution in [-0.4, -0.2) is 36.6 Å². The monoisotopic (exact) mass is 349 g/mol. The predicted octanol–water partition coefficient (Wildman–Crippen LogP) is -4.06. The minimum absolute atomic E-state index is 0. The van der Waals surface area contributed by atoms with Crippen LogP contribution in [-0.2, 0) is 21.7 Å². The normalized spacial score (nSPS) is 13.3. The van der Waals surface area contributed by atoms with Crippen molar-refractivity contribution in [1.29, 1.82) is 0 Å². The number of hydrogen-bond acceptors (Lipinski definition) is 3. The predicted molar refractivity (Wildman–Crippen MR) is 69.0 cm³/mol. The van der Waals surface area contributed by atoms with Gasteiger partial charge in [0, 0.05) is 21.3 Å². The van der Waals surface area contributed by atoms with Gasteiger partial charge < -0.3 is 40.1 Å². The van der Waals surface area contributed by atoms with E-state index in [0.29, 0.717) is 0 Å². The van der Waals surface area contributed by atoms with Crippen LogP contribution in [0.1, 0.15) is 34.6 Å². The molecule has 0 saturated carbocycles. The maximum atomic E-state index is 7.00. The molecule has 0 fully saturated rings. The number of hydrogen-bond donors (Lipinski definition) is 3. The molecule has 0 saturated heterocycles. The zero-order chi connectivity index (χ0) is 13.9. The molecule has 0 aromatic rings. The van der Waals surface area contributed by atoms with Crippen LogP contribution in [0.3, 0.4) is 0 Å². The molecule has 1 rings (SSSR count). The molecule has 19 heavy (non-hydrogen) atoms. The van der Waals surface area contributed by atoms with Crippen LogP contribution in [0.15, 0.2) is 16.7 Å². The summed E-state index contributed by atoms with van der Waals surface area (Å²) in [5.74, 6) is 0. The van der Waals surface area contributed by atoms with Crippen molar-refractivity contribution < 1.29 is 61.9 Å². The fourth-order valence-electron chi connectivity index (χ4n) is 1.41. The van der Waals surface area contributed by atoms with E-state index in [1.807, 2.05) is 0 Å². The first-order valence-corrected chi connectivity index (χ1v) is 5.09. The van der Waals surface area contributed by atoms with Gasteiger partial charge in [-0.2, -0.15) is 11.1 Å². The van der Waals surface area contributed by atoms with Crippen LogP contribution in [0.25, 0.3) is 0 Å². The molecule has 0 spiro atoms. The zero-order valence-corrected chi connectivity index (χ0v) is 16.2. The van der Waals surface area contributed by atoms with Gasteiger partial charge in [0.1, 0.15) is 0 Å². The SMILES string of the molecule is CC1=[C-]C(C)(C)C(C)=C1C.CO.CO.CO.[Cl-].[Cl-].[Ti+3]. The molecule has 1 aliphatic rings. The minimum Gasteiger partial charge on any atom is -1.00 e. The molecule has 115 valence electrons. The van der Waals surface area contributed by atoms with Crippen LogP contribution in [0.4, 0.5) is 0 Å². The quantitative estimate of drug-likeness (QED) is 0.308. The maximum Gasteiger partial charge on any atom is 3.00 e. The van der Waals surface area contributed by atoms with E-state index < -0.39 is 0 Å². The summed E-state index contributed by atoms with van der Waals surface area (Å²) in [5.41, 5.74) is 4.39. The van der Waals surface area contributed by atoms with Gasteiger partial charge in [0.2, 0.25) is 0 Å². The molecule has 0 atom stereocenters. The first-order valence-electron chi connectivity index (χ1n) is 5.09. The average Bonchev–Trinajstić information content (AvgIpc) is 2.50. The van der Waals surface area contributed by atoms with Crippen LogP contribution < -0.4 is 24.8 Å². The zero-order valence-electron chi connectivity index (χ0n) is 13.1. The summed E-state index contributed by atoms with van der Waals surface area (Å²) in [6.07, 6.45) is 3.44. The third kappa shape index (κ3) is 13.4. The van der Waals surface area contributed by atoms with Gasteiger partial charge >= 0.3 is 21.7 Å². The summed E-state index contributed by atoms with van der Waals surface area (Å²) >= 11 is 0. The molecule has 0 aromatic carbocycles. The molecule has 0 heterocycles. The van der Waals surface area contributed by atoms with Crippen molar-refractivity contribution in [3.05, 3.63) is 22.8 Å². The van der Waals surface area contributed by atoms with Gasteiger partial charge in [-0.05, 0) is 0 Å². The van der Waals surface area contributed by atoms with Gasteiger partial charge in [0.05, 0.1) is 0 Å². The maximum absolute atomic E-state index is 7.00. The molecule has 3 nitrogen and oxygen atoms in total. The second-order valence-corrected chi connectivity index (χ2v) is 3.62. The molecule has 0 unspecified atom stereocenters. The number of allylic oxidation sites excluding steroid dienone is 4. The van der Waals surface area contributed by atoms with E-state index in [9.17, 15) is 0 Å². The van der Waals surface area contributed by atoms with Gasteiger partial charge in [-0.15, -0.1) is 6.92 Å². The first kappa shape index (κ1) is 36.7. The first-order chi connectivity index (χ1) is 7.45. The second kappa shape index (κ2) is 21.0. The molecule has 3 N–H and O–H groups in total. The number of halogens is 2. The Morgan fingerprint density at radius 1 is 0.789 bits per heavy atom. The van der Waals surface area contributed by atoms with E-state index in [0.717, 1.165) is 21.3 Å². The van der Waals surface area contributed by atoms with Crippen LogP contribution >= 0.6 is 0 Å². The van der Waals surface area contributed by atoms with Gasteiger partial charge in [0.25, 0.3) is 0 Å². The van der Waals surface area contributed by atoms with E-state index in [1.54, 1.807) is 0 Å². The van der Waals surface area contributed by atoms with Crippen molar-refractivity contribution in [3.63, 3.8) is 0 Å². The largest absolute Gasteiger partial charge is 3.00 e. The molecule has 6 heteroatoms. The minimum atomic E-state index is 0. The van der Waals surface area contributed by atoms with E-state index in [-0.39, 0.29) is 51.9 Å². The Bertz CT molecular complexity index is 240. The summed E-state index contributed by atoms with van der Waals surface area (Å²) in [5, 5.41) is 21.0. The molecule has 1 radical (unpaired) electrons. The average molecular weight is 350 g/mol. The number of aliphatic hydroxyl groups is 3. The van der Waals surface area contributed by atoms with E-state index in [1.165, 1.54) is 16.7 Å². The van der Waals surface area contributed by atoms with E-state index in [4.69, 9.17) is 15.3 Å². The van der Waals surface area contributed by atoms with Crippen molar-refractivity contribution in [2.75, 3.05) is 21.3 Å². The number of aliphatic hydroxyl groups excluding tert-OH is 3. The van der Waals surface area contributed by atoms with Gasteiger partial charge in [0.15, 0.2) is 0 Å². The smallest absolute Gasteiger partial charge is 1.00 e. The van der Waals surface area contributed by atoms with Crippen molar-refractivity contribution in [3.8, 4) is 0 Å². The summed E-state index contributed by atoms with van der Waals surface area (Å²) in [4.78, 5) is 0. The summed E-state index contributed by atoms with van der Waals surface area (Å²) < 4.78 is 0. The molecule has 1 aliphatic carbocycles. The van der Waals surface area contributed by atoms with Gasteiger partial charge in [-0.3, -0.25) is 6.08 Å². The van der Waals surface area contributed by atoms with Crippen LogP contribution in [0.2, 0.25) is 0 Å². The standard InChI is InChI=1S/C10H15.3CH4O.2ClH.Ti/c1-7-6-10(4,5)9(3)8(7)2;3*1-2;;;/h1-5H3;3*2H,1H3;2*1H;/q-1;;;;;;+3/p-2. The Morgan fingerprint density at radius 2 is 1.05 bits per heavy atom. The fraction of sp³-hybridized carbons (Fsp3) is 0.692. The van der Waals surface area contributed by atoms with Crippen molar-refractivity contribution >= 4 is 0 Å². The topological polar surface area (TPSA) is 60.7 Å². The van der Waals surface area contributed by atoms with E-state index >= 15 is 0 Å². The fourth-order valence-corrected chi connectivity index (χ4v) is 1.41. The van der Waals surface area contributed by atoms with Crippen LogP contribution in [0.5, 0.6) is 0 Å². The Labute approximate surface area is 145 Å². The summed E-state index contributed by atoms with van der Waals surface area (Å²) in [6.45, 7) is 10.9. The Kier molecular flexibility index (Phi) is 40.5. The summed E-state index contributed by atoms with van der Waals surface area (Å²) in [6, 6.07) is 0. The molecule has 0 aromatic heterocycles. The molecular weight excluding hydrogens is 323 g/mol. The van der Waals surface area contributed by atoms with Crippen LogP contribution in [0, 0.1) is 11.5 Å². The van der Waals surface area contributed by atoms with Crippen molar-refractivity contribution in [1.82, 2.24) is 0 Å². The number of rotatable bonds is 0. The van der Waals surface area contributed by atoms with E-state index in [2.05, 4.69) is 40.7 Å². The molecular formula is C13H27Cl2O3Ti. The van der Waals surface area contributed by atoms with Gasteiger partial charge in [-0.1, -0.05) is 33.1 Å².